The van der Waals surface area contributed by atoms with Gasteiger partial charge in [-0.25, -0.2) is 0 Å². The van der Waals surface area contributed by atoms with Crippen LogP contribution in [-0.2, 0) is 18.4 Å². The van der Waals surface area contributed by atoms with E-state index in [0.29, 0.717) is 11.6 Å². The fraction of sp³-hybridized carbons (Fsp3) is 0.706. The van der Waals surface area contributed by atoms with Gasteiger partial charge in [0.2, 0.25) is 0 Å². The second kappa shape index (κ2) is 5.03. The minimum Gasteiger partial charge on any atom is -0.386 e. The normalized spacial score (nSPS) is 20.1. The monoisotopic (exact) mass is 275 g/mol. The van der Waals surface area contributed by atoms with Gasteiger partial charge in [0.15, 0.2) is 0 Å². The summed E-state index contributed by atoms with van der Waals surface area (Å²) >= 11 is 0. The predicted molar refractivity (Wildman–Crippen MR) is 80.1 cm³/mol. The number of aliphatic hydroxyl groups is 1. The number of pyridine rings is 1. The van der Waals surface area contributed by atoms with E-state index in [9.17, 15) is 9.90 Å². The number of hydrogen-bond donors (Lipinski definition) is 1. The fourth-order valence-electron chi connectivity index (χ4n) is 3.83. The lowest BCUT2D eigenvalue weighted by Crippen LogP contribution is -2.36. The van der Waals surface area contributed by atoms with Gasteiger partial charge in [-0.15, -0.1) is 0 Å². The molecule has 1 aromatic heterocycles. The van der Waals surface area contributed by atoms with Gasteiger partial charge in [-0.3, -0.25) is 4.79 Å². The summed E-state index contributed by atoms with van der Waals surface area (Å²) in [5.41, 5.74) is 2.10. The van der Waals surface area contributed by atoms with Crippen molar-refractivity contribution in [3.63, 3.8) is 0 Å². The topological polar surface area (TPSA) is 42.2 Å². The third kappa shape index (κ3) is 2.32. The lowest BCUT2D eigenvalue weighted by molar-refractivity contribution is 0.0759. The lowest BCUT2D eigenvalue weighted by atomic mass is 9.92. The average molecular weight is 275 g/mol. The molecule has 1 N–H and O–H groups in total. The molecule has 2 aliphatic carbocycles. The Kier molecular flexibility index (Phi) is 3.49. The highest BCUT2D eigenvalue weighted by molar-refractivity contribution is 5.33. The van der Waals surface area contributed by atoms with Crippen LogP contribution in [0.25, 0.3) is 0 Å². The van der Waals surface area contributed by atoms with Crippen LogP contribution in [0.15, 0.2) is 10.9 Å². The molecule has 110 valence electrons. The van der Waals surface area contributed by atoms with E-state index >= 15 is 0 Å². The Morgan fingerprint density at radius 3 is 2.50 bits per heavy atom. The van der Waals surface area contributed by atoms with Gasteiger partial charge < -0.3 is 9.67 Å². The summed E-state index contributed by atoms with van der Waals surface area (Å²) in [6.45, 7) is 3.44. The smallest absolute Gasteiger partial charge is 0.257 e. The molecule has 1 aromatic rings. The van der Waals surface area contributed by atoms with Crippen LogP contribution in [0.1, 0.15) is 75.2 Å². The van der Waals surface area contributed by atoms with Crippen molar-refractivity contribution in [1.29, 1.82) is 0 Å². The highest BCUT2D eigenvalue weighted by Crippen LogP contribution is 2.33. The van der Waals surface area contributed by atoms with E-state index in [0.717, 1.165) is 32.1 Å². The Balaban J connectivity index is 2.16. The van der Waals surface area contributed by atoms with E-state index in [1.807, 2.05) is 6.07 Å². The van der Waals surface area contributed by atoms with Crippen molar-refractivity contribution in [3.8, 4) is 0 Å². The van der Waals surface area contributed by atoms with Gasteiger partial charge in [0.1, 0.15) is 0 Å². The molecule has 3 nitrogen and oxygen atoms in total. The molecule has 2 aliphatic rings. The highest BCUT2D eigenvalue weighted by Gasteiger charge is 2.29. The Hall–Kier alpha value is -1.09. The van der Waals surface area contributed by atoms with Gasteiger partial charge in [-0.05, 0) is 57.6 Å². The summed E-state index contributed by atoms with van der Waals surface area (Å²) < 4.78 is 2.05. The summed E-state index contributed by atoms with van der Waals surface area (Å²) in [5.74, 6) is 0. The average Bonchev–Trinajstić information content (AvgIpc) is 2.85. The van der Waals surface area contributed by atoms with Crippen LogP contribution in [-0.4, -0.2) is 9.67 Å². The molecule has 20 heavy (non-hydrogen) atoms. The van der Waals surface area contributed by atoms with Gasteiger partial charge in [0.05, 0.1) is 5.60 Å². The van der Waals surface area contributed by atoms with E-state index in [1.54, 1.807) is 13.8 Å². The predicted octanol–water partition coefficient (Wildman–Crippen LogP) is 3.07. The zero-order valence-electron chi connectivity index (χ0n) is 12.6. The zero-order chi connectivity index (χ0) is 14.3. The molecule has 1 saturated carbocycles. The molecule has 0 saturated heterocycles. The molecule has 0 amide bonds. The molecule has 0 atom stereocenters. The van der Waals surface area contributed by atoms with Crippen LogP contribution >= 0.6 is 0 Å². The summed E-state index contributed by atoms with van der Waals surface area (Å²) in [6, 6.07) is 2.31. The van der Waals surface area contributed by atoms with Gasteiger partial charge >= 0.3 is 0 Å². The van der Waals surface area contributed by atoms with Crippen LogP contribution in [0.3, 0.4) is 0 Å². The first-order valence-corrected chi connectivity index (χ1v) is 7.98. The molecular formula is C17H25NO2. The number of aryl methyl sites for hydroxylation is 1. The molecule has 0 bridgehead atoms. The summed E-state index contributed by atoms with van der Waals surface area (Å²) in [6.07, 6.45) is 9.16. The van der Waals surface area contributed by atoms with Crippen LogP contribution < -0.4 is 5.56 Å². The second-order valence-electron chi connectivity index (χ2n) is 6.91. The van der Waals surface area contributed by atoms with E-state index in [-0.39, 0.29) is 5.56 Å². The lowest BCUT2D eigenvalue weighted by Gasteiger charge is -2.29. The largest absolute Gasteiger partial charge is 0.386 e. The van der Waals surface area contributed by atoms with Crippen molar-refractivity contribution >= 4 is 0 Å². The number of aromatic nitrogens is 1. The number of nitrogens with zero attached hydrogens (tertiary/aromatic N) is 1. The quantitative estimate of drug-likeness (QED) is 0.901. The van der Waals surface area contributed by atoms with Gasteiger partial charge in [-0.1, -0.05) is 19.3 Å². The molecule has 3 rings (SSSR count). The van der Waals surface area contributed by atoms with Crippen molar-refractivity contribution in [3.05, 3.63) is 33.2 Å². The fourth-order valence-corrected chi connectivity index (χ4v) is 3.83. The summed E-state index contributed by atoms with van der Waals surface area (Å²) in [5, 5.41) is 10.3. The Bertz CT molecular complexity index is 560. The molecule has 0 aliphatic heterocycles. The molecule has 1 heterocycles. The highest BCUT2D eigenvalue weighted by atomic mass is 16.3. The first-order valence-electron chi connectivity index (χ1n) is 7.98. The maximum atomic E-state index is 12.9. The van der Waals surface area contributed by atoms with E-state index in [2.05, 4.69) is 4.57 Å². The first-order chi connectivity index (χ1) is 9.48. The molecule has 0 radical (unpaired) electrons. The third-order valence-electron chi connectivity index (χ3n) is 4.89. The van der Waals surface area contributed by atoms with Gasteiger partial charge in [-0.2, -0.15) is 0 Å². The van der Waals surface area contributed by atoms with Crippen LogP contribution in [0.5, 0.6) is 0 Å². The first kappa shape index (κ1) is 13.9. The Morgan fingerprint density at radius 1 is 1.15 bits per heavy atom. The minimum atomic E-state index is -1.05. The van der Waals surface area contributed by atoms with E-state index in [4.69, 9.17) is 0 Å². The van der Waals surface area contributed by atoms with Crippen LogP contribution in [0.4, 0.5) is 0 Å². The summed E-state index contributed by atoms with van der Waals surface area (Å²) in [4.78, 5) is 12.9. The van der Waals surface area contributed by atoms with E-state index in [1.165, 1.54) is 30.5 Å². The van der Waals surface area contributed by atoms with Crippen molar-refractivity contribution in [1.82, 2.24) is 4.57 Å². The maximum absolute atomic E-state index is 12.9. The Morgan fingerprint density at radius 2 is 1.85 bits per heavy atom. The minimum absolute atomic E-state index is 0.0463. The molecule has 0 unspecified atom stereocenters. The van der Waals surface area contributed by atoms with Crippen molar-refractivity contribution < 1.29 is 5.11 Å². The number of fused-ring (bicyclic) bond motifs is 1. The molecule has 1 fully saturated rings. The van der Waals surface area contributed by atoms with Crippen LogP contribution in [0.2, 0.25) is 0 Å². The molecule has 0 aromatic carbocycles. The Labute approximate surface area is 120 Å². The molecule has 3 heteroatoms. The summed E-state index contributed by atoms with van der Waals surface area (Å²) in [7, 11) is 0. The third-order valence-corrected chi connectivity index (χ3v) is 4.89. The van der Waals surface area contributed by atoms with Crippen molar-refractivity contribution in [2.75, 3.05) is 0 Å². The van der Waals surface area contributed by atoms with Gasteiger partial charge in [0, 0.05) is 17.3 Å². The second-order valence-corrected chi connectivity index (χ2v) is 6.91. The van der Waals surface area contributed by atoms with Gasteiger partial charge in [0.25, 0.3) is 5.56 Å². The number of rotatable bonds is 2. The van der Waals surface area contributed by atoms with E-state index < -0.39 is 5.60 Å². The van der Waals surface area contributed by atoms with Crippen molar-refractivity contribution in [2.24, 2.45) is 0 Å². The maximum Gasteiger partial charge on any atom is 0.257 e. The van der Waals surface area contributed by atoms with Crippen molar-refractivity contribution in [2.45, 2.75) is 76.9 Å². The molecule has 0 spiro atoms. The molecular weight excluding hydrogens is 250 g/mol. The standard InChI is InChI=1S/C17H25NO2/c1-17(2,20)14-11-12-7-6-10-15(12)18(16(14)19)13-8-4-3-5-9-13/h11,13,20H,3-10H2,1-2H3. The van der Waals surface area contributed by atoms with Crippen LogP contribution in [0, 0.1) is 0 Å². The SMILES string of the molecule is CC(C)(O)c1cc2c(n(C3CCCCC3)c1=O)CCC2. The number of hydrogen-bond acceptors (Lipinski definition) is 2. The zero-order valence-corrected chi connectivity index (χ0v) is 12.6.